The number of aromatic nitrogens is 2. The molecule has 2 rings (SSSR count). The summed E-state index contributed by atoms with van der Waals surface area (Å²) in [5.41, 5.74) is 6.69. The fourth-order valence-corrected chi connectivity index (χ4v) is 2.64. The molecule has 1 heterocycles. The van der Waals surface area contributed by atoms with Gasteiger partial charge in [-0.05, 0) is 17.7 Å². The number of halogens is 1. The minimum absolute atomic E-state index is 0.548. The van der Waals surface area contributed by atoms with Gasteiger partial charge in [-0.2, -0.15) is 0 Å². The summed E-state index contributed by atoms with van der Waals surface area (Å²) in [6, 6.07) is 6.12. The number of H-pyrrole nitrogens is 1. The summed E-state index contributed by atoms with van der Waals surface area (Å²) in [5, 5.41) is 0.891. The van der Waals surface area contributed by atoms with Crippen LogP contribution in [0, 0.1) is 0 Å². The van der Waals surface area contributed by atoms with Crippen LogP contribution in [-0.4, -0.2) is 9.97 Å². The van der Waals surface area contributed by atoms with Crippen molar-refractivity contribution in [2.45, 2.75) is 16.6 Å². The third-order valence-corrected chi connectivity index (χ3v) is 3.58. The Morgan fingerprint density at radius 2 is 2.33 bits per heavy atom. The second-order valence-corrected chi connectivity index (χ2v) is 4.87. The predicted octanol–water partition coefficient (Wildman–Crippen LogP) is 2.78. The number of benzene rings is 1. The maximum atomic E-state index is 5.58. The van der Waals surface area contributed by atoms with E-state index >= 15 is 0 Å². The van der Waals surface area contributed by atoms with Crippen molar-refractivity contribution in [1.82, 2.24) is 9.97 Å². The molecule has 0 aliphatic carbocycles. The second-order valence-electron chi connectivity index (χ2n) is 2.95. The zero-order chi connectivity index (χ0) is 10.7. The van der Waals surface area contributed by atoms with E-state index in [1.54, 1.807) is 18.0 Å². The molecule has 0 saturated heterocycles. The number of hydrogen-bond acceptors (Lipinski definition) is 3. The van der Waals surface area contributed by atoms with Gasteiger partial charge in [-0.15, -0.1) is 0 Å². The molecule has 0 fully saturated rings. The Morgan fingerprint density at radius 1 is 1.47 bits per heavy atom. The van der Waals surface area contributed by atoms with E-state index < -0.39 is 0 Å². The normalized spacial score (nSPS) is 10.5. The maximum Gasteiger partial charge on any atom is 0.170 e. The van der Waals surface area contributed by atoms with Crippen molar-refractivity contribution in [1.29, 1.82) is 0 Å². The summed E-state index contributed by atoms with van der Waals surface area (Å²) < 4.78 is 1.04. The first-order valence-electron chi connectivity index (χ1n) is 4.45. The Kier molecular flexibility index (Phi) is 3.45. The van der Waals surface area contributed by atoms with E-state index in [-0.39, 0.29) is 0 Å². The summed E-state index contributed by atoms with van der Waals surface area (Å²) in [4.78, 5) is 8.33. The highest BCUT2D eigenvalue weighted by molar-refractivity contribution is 9.10. The first kappa shape index (κ1) is 10.7. The van der Waals surface area contributed by atoms with E-state index in [2.05, 4.69) is 32.0 Å². The molecule has 0 aliphatic rings. The van der Waals surface area contributed by atoms with E-state index in [1.807, 2.05) is 18.3 Å². The topological polar surface area (TPSA) is 54.7 Å². The van der Waals surface area contributed by atoms with Crippen molar-refractivity contribution in [3.63, 3.8) is 0 Å². The van der Waals surface area contributed by atoms with Gasteiger partial charge < -0.3 is 10.7 Å². The van der Waals surface area contributed by atoms with Crippen molar-refractivity contribution < 1.29 is 0 Å². The van der Waals surface area contributed by atoms with Gasteiger partial charge in [0, 0.05) is 28.3 Å². The number of nitrogens with two attached hydrogens (primary N) is 1. The van der Waals surface area contributed by atoms with E-state index in [4.69, 9.17) is 5.73 Å². The maximum absolute atomic E-state index is 5.58. The Bertz CT molecular complexity index is 442. The van der Waals surface area contributed by atoms with Gasteiger partial charge in [-0.25, -0.2) is 4.98 Å². The van der Waals surface area contributed by atoms with Crippen LogP contribution >= 0.6 is 27.7 Å². The largest absolute Gasteiger partial charge is 0.339 e. The lowest BCUT2D eigenvalue weighted by molar-refractivity contribution is 1.04. The minimum Gasteiger partial charge on any atom is -0.339 e. The van der Waals surface area contributed by atoms with Crippen molar-refractivity contribution >= 4 is 27.7 Å². The summed E-state index contributed by atoms with van der Waals surface area (Å²) in [6.07, 6.45) is 3.55. The summed E-state index contributed by atoms with van der Waals surface area (Å²) in [7, 11) is 0. The van der Waals surface area contributed by atoms with Gasteiger partial charge in [0.1, 0.15) is 0 Å². The van der Waals surface area contributed by atoms with Crippen LogP contribution in [0.1, 0.15) is 5.56 Å². The first-order chi connectivity index (χ1) is 7.29. The Hall–Kier alpha value is -0.780. The molecule has 1 aromatic carbocycles. The van der Waals surface area contributed by atoms with Crippen LogP contribution in [0.2, 0.25) is 0 Å². The molecule has 2 aromatic rings. The number of hydrogen-bond donors (Lipinski definition) is 2. The van der Waals surface area contributed by atoms with E-state index in [0.717, 1.165) is 20.1 Å². The van der Waals surface area contributed by atoms with E-state index in [9.17, 15) is 0 Å². The number of nitrogens with one attached hydrogen (secondary N) is 1. The quantitative estimate of drug-likeness (QED) is 0.911. The lowest BCUT2D eigenvalue weighted by atomic mass is 10.2. The van der Waals surface area contributed by atoms with Gasteiger partial charge in [0.05, 0.1) is 0 Å². The molecule has 5 heteroatoms. The number of nitrogens with zero attached hydrogens (tertiary/aromatic N) is 1. The summed E-state index contributed by atoms with van der Waals surface area (Å²) >= 11 is 5.08. The smallest absolute Gasteiger partial charge is 0.170 e. The van der Waals surface area contributed by atoms with Crippen molar-refractivity contribution in [2.75, 3.05) is 0 Å². The molecule has 0 amide bonds. The zero-order valence-corrected chi connectivity index (χ0v) is 10.3. The fourth-order valence-electron chi connectivity index (χ4n) is 1.18. The van der Waals surface area contributed by atoms with Crippen molar-refractivity contribution in [3.05, 3.63) is 40.6 Å². The molecule has 0 atom stereocenters. The molecule has 0 unspecified atom stereocenters. The molecule has 78 valence electrons. The zero-order valence-electron chi connectivity index (χ0n) is 7.90. The Labute approximate surface area is 101 Å². The standard InChI is InChI=1S/C10H10BrN3S/c11-9-5-8(2-1-7(9)6-12)15-10-13-3-4-14-10/h1-5H,6,12H2,(H,13,14). The molecular formula is C10H10BrN3S. The van der Waals surface area contributed by atoms with Crippen LogP contribution in [0.5, 0.6) is 0 Å². The Morgan fingerprint density at radius 3 is 2.93 bits per heavy atom. The minimum atomic E-state index is 0.548. The molecule has 3 nitrogen and oxygen atoms in total. The molecular weight excluding hydrogens is 274 g/mol. The lowest BCUT2D eigenvalue weighted by Gasteiger charge is -2.03. The molecule has 0 radical (unpaired) electrons. The van der Waals surface area contributed by atoms with Gasteiger partial charge in [-0.1, -0.05) is 33.8 Å². The van der Waals surface area contributed by atoms with Crippen LogP contribution in [0.25, 0.3) is 0 Å². The molecule has 0 saturated carbocycles. The third kappa shape index (κ3) is 2.62. The van der Waals surface area contributed by atoms with Crippen LogP contribution in [0.3, 0.4) is 0 Å². The predicted molar refractivity (Wildman–Crippen MR) is 64.7 cm³/mol. The molecule has 0 aliphatic heterocycles. The number of aromatic amines is 1. The SMILES string of the molecule is NCc1ccc(Sc2ncc[nH]2)cc1Br. The van der Waals surface area contributed by atoms with Crippen molar-refractivity contribution in [2.24, 2.45) is 5.73 Å². The fraction of sp³-hybridized carbons (Fsp3) is 0.100. The van der Waals surface area contributed by atoms with Crippen LogP contribution < -0.4 is 5.73 Å². The molecule has 0 spiro atoms. The van der Waals surface area contributed by atoms with Gasteiger partial charge in [-0.3, -0.25) is 0 Å². The average Bonchev–Trinajstić information content (AvgIpc) is 2.71. The third-order valence-electron chi connectivity index (χ3n) is 1.93. The lowest BCUT2D eigenvalue weighted by Crippen LogP contribution is -1.96. The van der Waals surface area contributed by atoms with Crippen LogP contribution in [0.15, 0.2) is 45.1 Å². The highest BCUT2D eigenvalue weighted by Gasteiger charge is 2.02. The van der Waals surface area contributed by atoms with Crippen molar-refractivity contribution in [3.8, 4) is 0 Å². The second kappa shape index (κ2) is 4.83. The van der Waals surface area contributed by atoms with Gasteiger partial charge in [0.15, 0.2) is 5.16 Å². The molecule has 15 heavy (non-hydrogen) atoms. The molecule has 3 N–H and O–H groups in total. The monoisotopic (exact) mass is 283 g/mol. The summed E-state index contributed by atoms with van der Waals surface area (Å²) in [6.45, 7) is 0.548. The molecule has 1 aromatic heterocycles. The van der Waals surface area contributed by atoms with Gasteiger partial charge >= 0.3 is 0 Å². The van der Waals surface area contributed by atoms with E-state index in [1.165, 1.54) is 0 Å². The van der Waals surface area contributed by atoms with E-state index in [0.29, 0.717) is 6.54 Å². The number of imidazole rings is 1. The highest BCUT2D eigenvalue weighted by Crippen LogP contribution is 2.28. The van der Waals surface area contributed by atoms with Crippen LogP contribution in [-0.2, 0) is 6.54 Å². The first-order valence-corrected chi connectivity index (χ1v) is 6.06. The number of rotatable bonds is 3. The van der Waals surface area contributed by atoms with Gasteiger partial charge in [0.2, 0.25) is 0 Å². The highest BCUT2D eigenvalue weighted by atomic mass is 79.9. The average molecular weight is 284 g/mol. The Balaban J connectivity index is 2.20. The van der Waals surface area contributed by atoms with Crippen LogP contribution in [0.4, 0.5) is 0 Å². The van der Waals surface area contributed by atoms with Gasteiger partial charge in [0.25, 0.3) is 0 Å². The molecule has 0 bridgehead atoms. The summed E-state index contributed by atoms with van der Waals surface area (Å²) in [5.74, 6) is 0.